The Labute approximate surface area is 275 Å². The molecule has 0 aliphatic heterocycles. The first-order chi connectivity index (χ1) is 21.3. The van der Waals surface area contributed by atoms with Gasteiger partial charge in [-0.1, -0.05) is 195 Å². The Morgan fingerprint density at radius 1 is 0.409 bits per heavy atom. The normalized spacial score (nSPS) is 12.3. The van der Waals surface area contributed by atoms with Crippen LogP contribution in [-0.2, 0) is 9.59 Å². The first-order valence-electron chi connectivity index (χ1n) is 19.5. The number of carboxylic acid groups (broad SMARTS) is 1. The second-order valence-corrected chi connectivity index (χ2v) is 14.7. The summed E-state index contributed by atoms with van der Waals surface area (Å²) in [5, 5.41) is 9.79. The monoisotopic (exact) mass is 620 g/mol. The van der Waals surface area contributed by atoms with Gasteiger partial charge in [0.25, 0.3) is 0 Å². The Hall–Kier alpha value is -1.32. The number of unbranched alkanes of at least 4 members (excludes halogenated alkanes) is 24. The van der Waals surface area contributed by atoms with Gasteiger partial charge in [0.15, 0.2) is 0 Å². The van der Waals surface area contributed by atoms with Crippen molar-refractivity contribution >= 4 is 11.9 Å². The van der Waals surface area contributed by atoms with Gasteiger partial charge in [-0.2, -0.15) is 0 Å². The molecule has 0 fully saturated rings. The van der Waals surface area contributed by atoms with Crippen LogP contribution >= 0.6 is 0 Å². The van der Waals surface area contributed by atoms with Crippen molar-refractivity contribution in [2.75, 3.05) is 0 Å². The molecule has 0 heterocycles. The number of carbonyl (C=O) groups is 2. The van der Waals surface area contributed by atoms with Crippen LogP contribution in [0.1, 0.15) is 220 Å². The first kappa shape index (κ1) is 42.7. The number of hydrogen-bond acceptors (Lipinski definition) is 2. The lowest BCUT2D eigenvalue weighted by molar-refractivity contribution is -0.133. The molecule has 4 nitrogen and oxygen atoms in total. The van der Waals surface area contributed by atoms with Gasteiger partial charge in [0, 0.05) is 11.1 Å². The molecule has 0 rings (SSSR count). The maximum atomic E-state index is 12.1. The molecule has 0 radical (unpaired) electrons. The highest BCUT2D eigenvalue weighted by Gasteiger charge is 2.18. The van der Waals surface area contributed by atoms with Crippen molar-refractivity contribution in [3.05, 3.63) is 11.1 Å². The molecule has 0 spiro atoms. The van der Waals surface area contributed by atoms with Gasteiger partial charge in [-0.25, -0.2) is 4.79 Å². The predicted molar refractivity (Wildman–Crippen MR) is 192 cm³/mol. The van der Waals surface area contributed by atoms with Crippen LogP contribution in [0.2, 0.25) is 0 Å². The maximum absolute atomic E-state index is 12.1. The maximum Gasteiger partial charge on any atom is 0.332 e. The lowest BCUT2D eigenvalue weighted by atomic mass is 9.95. The van der Waals surface area contributed by atoms with Crippen molar-refractivity contribution in [3.63, 3.8) is 0 Å². The van der Waals surface area contributed by atoms with Crippen LogP contribution in [0.15, 0.2) is 11.1 Å². The number of primary amides is 1. The summed E-state index contributed by atoms with van der Waals surface area (Å²) in [6.45, 7) is 9.25. The van der Waals surface area contributed by atoms with Crippen molar-refractivity contribution in [2.45, 2.75) is 220 Å². The van der Waals surface area contributed by atoms with Gasteiger partial charge >= 0.3 is 5.97 Å². The Morgan fingerprint density at radius 2 is 0.636 bits per heavy atom. The fraction of sp³-hybridized carbons (Fsp3) is 0.900. The highest BCUT2D eigenvalue weighted by atomic mass is 16.4. The molecule has 4 heteroatoms. The van der Waals surface area contributed by atoms with E-state index in [-0.39, 0.29) is 5.57 Å². The smallest absolute Gasteiger partial charge is 0.332 e. The molecule has 0 saturated carbocycles. The van der Waals surface area contributed by atoms with E-state index in [1.54, 1.807) is 0 Å². The molecule has 0 atom stereocenters. The van der Waals surface area contributed by atoms with Crippen molar-refractivity contribution in [3.8, 4) is 0 Å². The third-order valence-corrected chi connectivity index (χ3v) is 9.34. The average molecular weight is 620 g/mol. The number of carboxylic acids is 1. The van der Waals surface area contributed by atoms with Crippen molar-refractivity contribution in [1.29, 1.82) is 0 Å². The summed E-state index contributed by atoms with van der Waals surface area (Å²) in [7, 11) is 0. The number of rotatable bonds is 34. The minimum absolute atomic E-state index is 0.265. The standard InChI is InChI=1S/C40H77NO3/c1-35(2)31-27-23-19-15-11-7-5-9-13-17-21-25-29-33-37(39(41)42)38(40(43)44)34-30-26-22-18-14-10-6-8-12-16-20-24-28-32-36(3)4/h35-36H,5-34H2,1-4H3,(H2,41,42)(H,43,44)/b38-37+. The third kappa shape index (κ3) is 29.4. The van der Waals surface area contributed by atoms with Gasteiger partial charge in [0.2, 0.25) is 5.91 Å². The number of nitrogens with two attached hydrogens (primary N) is 1. The van der Waals surface area contributed by atoms with E-state index in [1.165, 1.54) is 141 Å². The van der Waals surface area contributed by atoms with Crippen LogP contribution in [0.5, 0.6) is 0 Å². The molecule has 0 bridgehead atoms. The van der Waals surface area contributed by atoms with Crippen LogP contribution < -0.4 is 5.73 Å². The topological polar surface area (TPSA) is 80.4 Å². The van der Waals surface area contributed by atoms with Gasteiger partial charge in [-0.15, -0.1) is 0 Å². The molecular weight excluding hydrogens is 542 g/mol. The zero-order valence-electron chi connectivity index (χ0n) is 30.2. The molecular formula is C40H77NO3. The van der Waals surface area contributed by atoms with Crippen LogP contribution in [-0.4, -0.2) is 17.0 Å². The molecule has 3 N–H and O–H groups in total. The molecule has 1 amide bonds. The third-order valence-electron chi connectivity index (χ3n) is 9.34. The van der Waals surface area contributed by atoms with Gasteiger partial charge in [-0.3, -0.25) is 4.79 Å². The highest BCUT2D eigenvalue weighted by Crippen LogP contribution is 2.22. The van der Waals surface area contributed by atoms with Crippen LogP contribution in [0, 0.1) is 11.8 Å². The zero-order valence-corrected chi connectivity index (χ0v) is 30.2. The van der Waals surface area contributed by atoms with Crippen LogP contribution in [0.25, 0.3) is 0 Å². The van der Waals surface area contributed by atoms with Crippen LogP contribution in [0.3, 0.4) is 0 Å². The van der Waals surface area contributed by atoms with Gasteiger partial charge < -0.3 is 10.8 Å². The molecule has 44 heavy (non-hydrogen) atoms. The Bertz CT molecular complexity index is 639. The average Bonchev–Trinajstić information content (AvgIpc) is 2.96. The van der Waals surface area contributed by atoms with E-state index in [0.29, 0.717) is 18.4 Å². The predicted octanol–water partition coefficient (Wildman–Crippen LogP) is 12.9. The van der Waals surface area contributed by atoms with Gasteiger partial charge in [-0.05, 0) is 37.5 Å². The molecule has 0 unspecified atom stereocenters. The molecule has 0 aromatic carbocycles. The Morgan fingerprint density at radius 3 is 0.864 bits per heavy atom. The number of hydrogen-bond donors (Lipinski definition) is 2. The van der Waals surface area contributed by atoms with Crippen molar-refractivity contribution in [1.82, 2.24) is 0 Å². The molecule has 0 aliphatic rings. The molecule has 260 valence electrons. The molecule has 0 aromatic heterocycles. The largest absolute Gasteiger partial charge is 0.478 e. The zero-order chi connectivity index (χ0) is 32.7. The highest BCUT2D eigenvalue weighted by molar-refractivity contribution is 6.01. The van der Waals surface area contributed by atoms with Crippen LogP contribution in [0.4, 0.5) is 0 Å². The summed E-state index contributed by atoms with van der Waals surface area (Å²) < 4.78 is 0. The molecule has 0 aliphatic carbocycles. The second kappa shape index (κ2) is 31.7. The summed E-state index contributed by atoms with van der Waals surface area (Å²) in [5.74, 6) is 0.181. The summed E-state index contributed by atoms with van der Waals surface area (Å²) in [5.41, 5.74) is 6.27. The second-order valence-electron chi connectivity index (χ2n) is 14.7. The lowest BCUT2D eigenvalue weighted by Gasteiger charge is -2.10. The first-order valence-corrected chi connectivity index (χ1v) is 19.5. The number of amides is 1. The van der Waals surface area contributed by atoms with Gasteiger partial charge in [0.05, 0.1) is 0 Å². The number of aliphatic carboxylic acids is 1. The van der Waals surface area contributed by atoms with Crippen molar-refractivity contribution in [2.24, 2.45) is 17.6 Å². The van der Waals surface area contributed by atoms with E-state index in [4.69, 9.17) is 5.73 Å². The fourth-order valence-electron chi connectivity index (χ4n) is 6.41. The molecule has 0 aromatic rings. The summed E-state index contributed by atoms with van der Waals surface area (Å²) in [6.07, 6.45) is 36.8. The minimum Gasteiger partial charge on any atom is -0.478 e. The van der Waals surface area contributed by atoms with E-state index in [0.717, 1.165) is 50.4 Å². The fourth-order valence-corrected chi connectivity index (χ4v) is 6.41. The van der Waals surface area contributed by atoms with E-state index in [2.05, 4.69) is 27.7 Å². The molecule has 0 saturated heterocycles. The van der Waals surface area contributed by atoms with E-state index in [1.807, 2.05) is 0 Å². The Kier molecular flexibility index (Phi) is 30.7. The Balaban J connectivity index is 3.86. The van der Waals surface area contributed by atoms with E-state index in [9.17, 15) is 14.7 Å². The lowest BCUT2D eigenvalue weighted by Crippen LogP contribution is -2.19. The quantitative estimate of drug-likeness (QED) is 0.0555. The number of carbonyl (C=O) groups excluding carboxylic acids is 1. The van der Waals surface area contributed by atoms with E-state index >= 15 is 0 Å². The van der Waals surface area contributed by atoms with Gasteiger partial charge in [0.1, 0.15) is 0 Å². The summed E-state index contributed by atoms with van der Waals surface area (Å²) in [4.78, 5) is 24.1. The van der Waals surface area contributed by atoms with E-state index < -0.39 is 11.9 Å². The minimum atomic E-state index is -0.964. The SMILES string of the molecule is CC(C)CCCCCCCCCCCCCCC/C(C(N)=O)=C(/CCCCCCCCCCCCCCCC(C)C)C(=O)O. The summed E-state index contributed by atoms with van der Waals surface area (Å²) >= 11 is 0. The summed E-state index contributed by atoms with van der Waals surface area (Å²) in [6, 6.07) is 0. The van der Waals surface area contributed by atoms with Crippen molar-refractivity contribution < 1.29 is 14.7 Å².